The fourth-order valence-corrected chi connectivity index (χ4v) is 1.32. The SMILES string of the molecule is CC(C)(CBr)OCCC(C)(C)OCCBr. The molecule has 0 fully saturated rings. The Labute approximate surface area is 110 Å². The molecule has 0 N–H and O–H groups in total. The summed E-state index contributed by atoms with van der Waals surface area (Å²) in [5.41, 5.74) is -0.193. The van der Waals surface area contributed by atoms with Gasteiger partial charge in [-0.05, 0) is 34.1 Å². The Kier molecular flexibility index (Phi) is 7.68. The summed E-state index contributed by atoms with van der Waals surface area (Å²) in [5, 5.41) is 1.73. The first-order chi connectivity index (χ1) is 6.83. The molecule has 0 aromatic heterocycles. The molecule has 0 aliphatic carbocycles. The first-order valence-electron chi connectivity index (χ1n) is 5.23. The van der Waals surface area contributed by atoms with Gasteiger partial charge in [0, 0.05) is 10.7 Å². The van der Waals surface area contributed by atoms with E-state index < -0.39 is 0 Å². The first kappa shape index (κ1) is 15.9. The van der Waals surface area contributed by atoms with Crippen LogP contribution in [0.3, 0.4) is 0 Å². The van der Waals surface area contributed by atoms with Gasteiger partial charge < -0.3 is 9.47 Å². The van der Waals surface area contributed by atoms with Crippen molar-refractivity contribution in [1.29, 1.82) is 0 Å². The molecule has 0 amide bonds. The number of halogens is 2. The van der Waals surface area contributed by atoms with E-state index in [2.05, 4.69) is 59.6 Å². The number of hydrogen-bond acceptors (Lipinski definition) is 2. The molecular weight excluding hydrogens is 324 g/mol. The van der Waals surface area contributed by atoms with Gasteiger partial charge in [-0.1, -0.05) is 31.9 Å². The Morgan fingerprint density at radius 3 is 1.87 bits per heavy atom. The van der Waals surface area contributed by atoms with E-state index in [4.69, 9.17) is 9.47 Å². The first-order valence-corrected chi connectivity index (χ1v) is 7.47. The molecule has 0 unspecified atom stereocenters. The summed E-state index contributed by atoms with van der Waals surface area (Å²) in [6, 6.07) is 0. The van der Waals surface area contributed by atoms with Gasteiger partial charge in [-0.25, -0.2) is 0 Å². The molecule has 0 radical (unpaired) electrons. The van der Waals surface area contributed by atoms with E-state index in [1.807, 2.05) is 0 Å². The molecule has 0 aromatic carbocycles. The molecule has 15 heavy (non-hydrogen) atoms. The highest BCUT2D eigenvalue weighted by Gasteiger charge is 2.21. The van der Waals surface area contributed by atoms with E-state index in [0.717, 1.165) is 30.3 Å². The number of rotatable bonds is 8. The van der Waals surface area contributed by atoms with Crippen LogP contribution in [0, 0.1) is 0 Å². The van der Waals surface area contributed by atoms with E-state index in [-0.39, 0.29) is 11.2 Å². The Morgan fingerprint density at radius 2 is 1.40 bits per heavy atom. The van der Waals surface area contributed by atoms with Crippen molar-refractivity contribution >= 4 is 31.9 Å². The van der Waals surface area contributed by atoms with Gasteiger partial charge in [-0.2, -0.15) is 0 Å². The smallest absolute Gasteiger partial charge is 0.0722 e. The zero-order valence-electron chi connectivity index (χ0n) is 10.1. The predicted molar refractivity (Wildman–Crippen MR) is 72.3 cm³/mol. The largest absolute Gasteiger partial charge is 0.375 e. The van der Waals surface area contributed by atoms with Gasteiger partial charge in [0.05, 0.1) is 24.4 Å². The van der Waals surface area contributed by atoms with Gasteiger partial charge in [0.1, 0.15) is 0 Å². The van der Waals surface area contributed by atoms with E-state index in [0.29, 0.717) is 0 Å². The maximum Gasteiger partial charge on any atom is 0.0722 e. The van der Waals surface area contributed by atoms with Gasteiger partial charge in [0.2, 0.25) is 0 Å². The van der Waals surface area contributed by atoms with E-state index in [9.17, 15) is 0 Å². The Hall–Kier alpha value is 0.880. The monoisotopic (exact) mass is 344 g/mol. The van der Waals surface area contributed by atoms with Gasteiger partial charge in [-0.15, -0.1) is 0 Å². The maximum atomic E-state index is 5.76. The lowest BCUT2D eigenvalue weighted by atomic mass is 10.1. The zero-order valence-corrected chi connectivity index (χ0v) is 13.3. The van der Waals surface area contributed by atoms with Crippen LogP contribution in [0.4, 0.5) is 0 Å². The van der Waals surface area contributed by atoms with Crippen LogP contribution in [-0.4, -0.2) is 35.1 Å². The van der Waals surface area contributed by atoms with Crippen LogP contribution in [-0.2, 0) is 9.47 Å². The van der Waals surface area contributed by atoms with Gasteiger partial charge in [0.25, 0.3) is 0 Å². The number of alkyl halides is 2. The van der Waals surface area contributed by atoms with Crippen molar-refractivity contribution in [1.82, 2.24) is 0 Å². The van der Waals surface area contributed by atoms with Crippen molar-refractivity contribution in [3.05, 3.63) is 0 Å². The lowest BCUT2D eigenvalue weighted by molar-refractivity contribution is -0.0603. The van der Waals surface area contributed by atoms with Crippen LogP contribution in [0.15, 0.2) is 0 Å². The molecule has 0 aliphatic heterocycles. The van der Waals surface area contributed by atoms with Gasteiger partial charge in [0.15, 0.2) is 0 Å². The Morgan fingerprint density at radius 1 is 0.867 bits per heavy atom. The average Bonchev–Trinajstić information content (AvgIpc) is 2.14. The van der Waals surface area contributed by atoms with Crippen LogP contribution in [0.1, 0.15) is 34.1 Å². The minimum Gasteiger partial charge on any atom is -0.375 e. The molecule has 0 aromatic rings. The fourth-order valence-electron chi connectivity index (χ4n) is 0.999. The van der Waals surface area contributed by atoms with Crippen LogP contribution in [0.25, 0.3) is 0 Å². The fraction of sp³-hybridized carbons (Fsp3) is 1.00. The molecule has 0 bridgehead atoms. The van der Waals surface area contributed by atoms with E-state index in [1.165, 1.54) is 0 Å². The summed E-state index contributed by atoms with van der Waals surface area (Å²) in [6.45, 7) is 9.82. The Balaban J connectivity index is 3.74. The number of hydrogen-bond donors (Lipinski definition) is 0. The van der Waals surface area contributed by atoms with Crippen molar-refractivity contribution in [2.24, 2.45) is 0 Å². The molecule has 0 rings (SSSR count). The number of ether oxygens (including phenoxy) is 2. The van der Waals surface area contributed by atoms with Crippen molar-refractivity contribution < 1.29 is 9.47 Å². The van der Waals surface area contributed by atoms with E-state index in [1.54, 1.807) is 0 Å². The third-order valence-corrected chi connectivity index (χ3v) is 3.76. The topological polar surface area (TPSA) is 18.5 Å². The summed E-state index contributed by atoms with van der Waals surface area (Å²) in [6.07, 6.45) is 0.913. The van der Waals surface area contributed by atoms with Gasteiger partial charge in [-0.3, -0.25) is 0 Å². The van der Waals surface area contributed by atoms with Gasteiger partial charge >= 0.3 is 0 Å². The minimum atomic E-state index is -0.101. The standard InChI is InChI=1S/C11H22Br2O2/c1-10(2,15-8-6-12)5-7-14-11(3,4)9-13/h5-9H2,1-4H3. The van der Waals surface area contributed by atoms with Crippen LogP contribution in [0.2, 0.25) is 0 Å². The summed E-state index contributed by atoms with van der Waals surface area (Å²) in [7, 11) is 0. The lowest BCUT2D eigenvalue weighted by Crippen LogP contribution is -2.32. The van der Waals surface area contributed by atoms with Crippen LogP contribution < -0.4 is 0 Å². The second kappa shape index (κ2) is 7.25. The molecule has 4 heteroatoms. The van der Waals surface area contributed by atoms with Crippen molar-refractivity contribution in [3.63, 3.8) is 0 Å². The lowest BCUT2D eigenvalue weighted by Gasteiger charge is -2.28. The highest BCUT2D eigenvalue weighted by atomic mass is 79.9. The van der Waals surface area contributed by atoms with E-state index >= 15 is 0 Å². The summed E-state index contributed by atoms with van der Waals surface area (Å²) in [4.78, 5) is 0. The molecule has 0 spiro atoms. The third-order valence-electron chi connectivity index (χ3n) is 2.09. The summed E-state index contributed by atoms with van der Waals surface area (Å²) >= 11 is 6.78. The maximum absolute atomic E-state index is 5.76. The molecule has 0 saturated heterocycles. The molecule has 92 valence electrons. The Bertz CT molecular complexity index is 170. The predicted octanol–water partition coefficient (Wildman–Crippen LogP) is 3.76. The zero-order chi connectivity index (χ0) is 11.9. The normalized spacial score (nSPS) is 13.2. The average molecular weight is 346 g/mol. The van der Waals surface area contributed by atoms with Crippen molar-refractivity contribution in [3.8, 4) is 0 Å². The molecule has 0 aliphatic rings. The second-order valence-corrected chi connectivity index (χ2v) is 6.14. The second-order valence-electron chi connectivity index (χ2n) is 4.79. The van der Waals surface area contributed by atoms with Crippen molar-refractivity contribution in [2.75, 3.05) is 23.9 Å². The quantitative estimate of drug-likeness (QED) is 0.623. The highest BCUT2D eigenvalue weighted by molar-refractivity contribution is 9.09. The highest BCUT2D eigenvalue weighted by Crippen LogP contribution is 2.18. The molecule has 2 nitrogen and oxygen atoms in total. The summed E-state index contributed by atoms with van der Waals surface area (Å²) in [5.74, 6) is 0. The molecular formula is C11H22Br2O2. The third kappa shape index (κ3) is 8.66. The molecule has 0 atom stereocenters. The van der Waals surface area contributed by atoms with Crippen molar-refractivity contribution in [2.45, 2.75) is 45.3 Å². The van der Waals surface area contributed by atoms with Crippen LogP contribution in [0.5, 0.6) is 0 Å². The minimum absolute atomic E-state index is 0.0918. The van der Waals surface area contributed by atoms with Crippen LogP contribution >= 0.6 is 31.9 Å². The molecule has 0 saturated carbocycles. The molecule has 0 heterocycles. The summed E-state index contributed by atoms with van der Waals surface area (Å²) < 4.78 is 11.4.